The molecule has 1 atom stereocenters. The Morgan fingerprint density at radius 2 is 1.96 bits per heavy atom. The standard InChI is InChI=1S/C18H15FO5S/c1-22-15-6-4-11(7-13(15)19)3-5-14(20)12-8-17-18(9-16(12)23-2)25(21)10-24-17/h3-9H,10H2,1-2H3/b5-3+. The molecule has 1 aliphatic heterocycles. The Morgan fingerprint density at radius 1 is 1.20 bits per heavy atom. The van der Waals surface area contributed by atoms with Gasteiger partial charge in [0.1, 0.15) is 11.5 Å². The van der Waals surface area contributed by atoms with Gasteiger partial charge in [-0.05, 0) is 29.8 Å². The lowest BCUT2D eigenvalue weighted by molar-refractivity contribution is 0.104. The second-order valence-electron chi connectivity index (χ2n) is 5.20. The van der Waals surface area contributed by atoms with E-state index in [1.54, 1.807) is 12.1 Å². The number of ketones is 1. The van der Waals surface area contributed by atoms with E-state index in [0.717, 1.165) is 0 Å². The molecule has 5 nitrogen and oxygen atoms in total. The molecule has 0 amide bonds. The first-order chi connectivity index (χ1) is 12.0. The van der Waals surface area contributed by atoms with E-state index in [2.05, 4.69) is 0 Å². The number of allylic oxidation sites excluding steroid dienone is 1. The van der Waals surface area contributed by atoms with E-state index < -0.39 is 16.6 Å². The Kier molecular flexibility index (Phi) is 4.85. The van der Waals surface area contributed by atoms with E-state index in [4.69, 9.17) is 14.2 Å². The zero-order chi connectivity index (χ0) is 18.0. The van der Waals surface area contributed by atoms with Gasteiger partial charge in [0, 0.05) is 6.07 Å². The molecule has 2 aromatic carbocycles. The van der Waals surface area contributed by atoms with Crippen molar-refractivity contribution in [2.75, 3.05) is 20.2 Å². The predicted octanol–water partition coefficient (Wildman–Crippen LogP) is 3.20. The molecule has 3 rings (SSSR count). The van der Waals surface area contributed by atoms with Crippen LogP contribution in [-0.4, -0.2) is 30.2 Å². The number of carbonyl (C=O) groups is 1. The van der Waals surface area contributed by atoms with Crippen LogP contribution in [0.3, 0.4) is 0 Å². The molecule has 0 aromatic heterocycles. The van der Waals surface area contributed by atoms with E-state index in [-0.39, 0.29) is 23.0 Å². The molecule has 130 valence electrons. The Labute approximate surface area is 146 Å². The fourth-order valence-electron chi connectivity index (χ4n) is 2.42. The lowest BCUT2D eigenvalue weighted by Crippen LogP contribution is -2.00. The highest BCUT2D eigenvalue weighted by Gasteiger charge is 2.24. The molecule has 0 spiro atoms. The van der Waals surface area contributed by atoms with Gasteiger partial charge in [-0.1, -0.05) is 12.1 Å². The summed E-state index contributed by atoms with van der Waals surface area (Å²) in [5.41, 5.74) is 0.800. The minimum Gasteiger partial charge on any atom is -0.496 e. The zero-order valence-electron chi connectivity index (χ0n) is 13.6. The van der Waals surface area contributed by atoms with Crippen LogP contribution in [0.1, 0.15) is 15.9 Å². The van der Waals surface area contributed by atoms with Crippen LogP contribution in [0, 0.1) is 5.82 Å². The van der Waals surface area contributed by atoms with Crippen LogP contribution in [0.15, 0.2) is 41.3 Å². The summed E-state index contributed by atoms with van der Waals surface area (Å²) in [6.07, 6.45) is 2.81. The van der Waals surface area contributed by atoms with Crippen LogP contribution in [0.5, 0.6) is 17.2 Å². The minimum absolute atomic E-state index is 0.0666. The van der Waals surface area contributed by atoms with Crippen molar-refractivity contribution in [3.8, 4) is 17.2 Å². The molecule has 0 fully saturated rings. The van der Waals surface area contributed by atoms with Crippen molar-refractivity contribution in [1.82, 2.24) is 0 Å². The summed E-state index contributed by atoms with van der Waals surface area (Å²) in [4.78, 5) is 13.0. The van der Waals surface area contributed by atoms with Crippen LogP contribution in [0.25, 0.3) is 6.08 Å². The largest absolute Gasteiger partial charge is 0.496 e. The number of halogens is 1. The highest BCUT2D eigenvalue weighted by Crippen LogP contribution is 2.35. The number of benzene rings is 2. The molecule has 25 heavy (non-hydrogen) atoms. The fourth-order valence-corrected chi connectivity index (χ4v) is 3.36. The number of methoxy groups -OCH3 is 2. The minimum atomic E-state index is -1.26. The number of hydrogen-bond acceptors (Lipinski definition) is 5. The number of fused-ring (bicyclic) bond motifs is 1. The van der Waals surface area contributed by atoms with Crippen LogP contribution in [0.4, 0.5) is 4.39 Å². The molecule has 0 saturated heterocycles. The fraction of sp³-hybridized carbons (Fsp3) is 0.167. The molecule has 0 bridgehead atoms. The molecule has 1 aliphatic rings. The van der Waals surface area contributed by atoms with Gasteiger partial charge in [0.25, 0.3) is 0 Å². The summed E-state index contributed by atoms with van der Waals surface area (Å²) >= 11 is 0. The Balaban J connectivity index is 1.88. The van der Waals surface area contributed by atoms with E-state index in [1.807, 2.05) is 0 Å². The van der Waals surface area contributed by atoms with Crippen molar-refractivity contribution in [2.24, 2.45) is 0 Å². The van der Waals surface area contributed by atoms with Gasteiger partial charge >= 0.3 is 0 Å². The van der Waals surface area contributed by atoms with Crippen molar-refractivity contribution in [2.45, 2.75) is 4.90 Å². The van der Waals surface area contributed by atoms with Gasteiger partial charge in [0.2, 0.25) is 0 Å². The maximum atomic E-state index is 13.7. The Morgan fingerprint density at radius 3 is 2.64 bits per heavy atom. The molecule has 1 heterocycles. The van der Waals surface area contributed by atoms with Crippen LogP contribution in [0.2, 0.25) is 0 Å². The molecular weight excluding hydrogens is 347 g/mol. The topological polar surface area (TPSA) is 61.8 Å². The predicted molar refractivity (Wildman–Crippen MR) is 91.2 cm³/mol. The normalized spacial score (nSPS) is 15.7. The van der Waals surface area contributed by atoms with Crippen LogP contribution < -0.4 is 14.2 Å². The smallest absolute Gasteiger partial charge is 0.189 e. The summed E-state index contributed by atoms with van der Waals surface area (Å²) in [6, 6.07) is 7.46. The van der Waals surface area contributed by atoms with Gasteiger partial charge in [0.15, 0.2) is 23.3 Å². The van der Waals surface area contributed by atoms with Crippen LogP contribution >= 0.6 is 0 Å². The monoisotopic (exact) mass is 362 g/mol. The maximum Gasteiger partial charge on any atom is 0.189 e. The molecule has 7 heteroatoms. The Bertz CT molecular complexity index is 891. The van der Waals surface area contributed by atoms with Gasteiger partial charge in [-0.25, -0.2) is 4.39 Å². The quantitative estimate of drug-likeness (QED) is 0.604. The molecule has 0 aliphatic carbocycles. The second kappa shape index (κ2) is 7.06. The van der Waals surface area contributed by atoms with Gasteiger partial charge in [-0.3, -0.25) is 9.00 Å². The summed E-state index contributed by atoms with van der Waals surface area (Å²) in [5, 5.41) is 0. The summed E-state index contributed by atoms with van der Waals surface area (Å²) < 4.78 is 40.9. The third kappa shape index (κ3) is 3.41. The average molecular weight is 362 g/mol. The van der Waals surface area contributed by atoms with Gasteiger partial charge in [-0.2, -0.15) is 0 Å². The van der Waals surface area contributed by atoms with Gasteiger partial charge in [-0.15, -0.1) is 0 Å². The number of carbonyl (C=O) groups excluding carboxylic acids is 1. The number of ether oxygens (including phenoxy) is 3. The molecular formula is C18H15FO5S. The van der Waals surface area contributed by atoms with Crippen LogP contribution in [-0.2, 0) is 10.8 Å². The van der Waals surface area contributed by atoms with Gasteiger partial charge < -0.3 is 14.2 Å². The van der Waals surface area contributed by atoms with Crippen molar-refractivity contribution < 1.29 is 27.6 Å². The third-order valence-corrected chi connectivity index (χ3v) is 4.84. The van der Waals surface area contributed by atoms with Crippen molar-refractivity contribution in [3.05, 3.63) is 53.4 Å². The number of hydrogen-bond donors (Lipinski definition) is 0. The SMILES string of the molecule is COc1ccc(/C=C/C(=O)c2cc3c(cc2OC)S(=O)CO3)cc1F. The first-order valence-corrected chi connectivity index (χ1v) is 8.64. The first kappa shape index (κ1) is 17.2. The zero-order valence-corrected chi connectivity index (χ0v) is 14.4. The average Bonchev–Trinajstić information content (AvgIpc) is 2.99. The highest BCUT2D eigenvalue weighted by molar-refractivity contribution is 7.85. The highest BCUT2D eigenvalue weighted by atomic mass is 32.2. The van der Waals surface area contributed by atoms with Gasteiger partial charge in [0.05, 0.1) is 35.5 Å². The maximum absolute atomic E-state index is 13.7. The van der Waals surface area contributed by atoms with Crippen molar-refractivity contribution >= 4 is 22.7 Å². The summed E-state index contributed by atoms with van der Waals surface area (Å²) in [6.45, 7) is 0. The molecule has 0 radical (unpaired) electrons. The van der Waals surface area contributed by atoms with E-state index in [9.17, 15) is 13.4 Å². The van der Waals surface area contributed by atoms with Crippen molar-refractivity contribution in [3.63, 3.8) is 0 Å². The molecule has 0 N–H and O–H groups in total. The second-order valence-corrected chi connectivity index (χ2v) is 6.57. The molecule has 0 saturated carbocycles. The van der Waals surface area contributed by atoms with E-state index in [0.29, 0.717) is 22.0 Å². The molecule has 1 unspecified atom stereocenters. The van der Waals surface area contributed by atoms with Crippen molar-refractivity contribution in [1.29, 1.82) is 0 Å². The van der Waals surface area contributed by atoms with E-state index >= 15 is 0 Å². The molecule has 2 aromatic rings. The number of rotatable bonds is 5. The lowest BCUT2D eigenvalue weighted by Gasteiger charge is -2.08. The third-order valence-electron chi connectivity index (χ3n) is 3.70. The summed E-state index contributed by atoms with van der Waals surface area (Å²) in [5.74, 6) is 0.0746. The first-order valence-electron chi connectivity index (χ1n) is 7.32. The summed E-state index contributed by atoms with van der Waals surface area (Å²) in [7, 11) is 1.56. The Hall–Kier alpha value is -2.67. The lowest BCUT2D eigenvalue weighted by atomic mass is 10.1. The van der Waals surface area contributed by atoms with E-state index in [1.165, 1.54) is 44.6 Å².